The van der Waals surface area contributed by atoms with Gasteiger partial charge in [0.1, 0.15) is 17.3 Å². The molecule has 170 valence electrons. The number of carbonyl (C=O) groups is 2. The van der Waals surface area contributed by atoms with E-state index in [0.29, 0.717) is 38.0 Å². The summed E-state index contributed by atoms with van der Waals surface area (Å²) in [6.07, 6.45) is 3.29. The summed E-state index contributed by atoms with van der Waals surface area (Å²) in [4.78, 5) is 29.9. The van der Waals surface area contributed by atoms with Gasteiger partial charge in [0.2, 0.25) is 5.91 Å². The molecule has 2 aliphatic rings. The molecule has 2 aromatic rings. The molecule has 0 aromatic heterocycles. The summed E-state index contributed by atoms with van der Waals surface area (Å²) in [5.41, 5.74) is 1.40. The highest BCUT2D eigenvalue weighted by Gasteiger charge is 2.38. The van der Waals surface area contributed by atoms with Crippen molar-refractivity contribution in [2.75, 3.05) is 27.3 Å². The average Bonchev–Trinajstić information content (AvgIpc) is 3.67. The van der Waals surface area contributed by atoms with Gasteiger partial charge < -0.3 is 19.3 Å². The Hall–Kier alpha value is -3.09. The number of ether oxygens (including phenoxy) is 2. The van der Waals surface area contributed by atoms with Crippen molar-refractivity contribution in [3.8, 4) is 11.5 Å². The Morgan fingerprint density at radius 2 is 1.69 bits per heavy atom. The first-order chi connectivity index (χ1) is 15.5. The Kier molecular flexibility index (Phi) is 6.63. The van der Waals surface area contributed by atoms with Gasteiger partial charge in [-0.05, 0) is 68.1 Å². The lowest BCUT2D eigenvalue weighted by atomic mass is 9.94. The fourth-order valence-electron chi connectivity index (χ4n) is 4.30. The van der Waals surface area contributed by atoms with E-state index in [-0.39, 0.29) is 29.6 Å². The maximum atomic E-state index is 13.4. The van der Waals surface area contributed by atoms with Crippen LogP contribution in [0.1, 0.15) is 41.6 Å². The van der Waals surface area contributed by atoms with Gasteiger partial charge in [-0.15, -0.1) is 0 Å². The van der Waals surface area contributed by atoms with E-state index >= 15 is 0 Å². The first-order valence-corrected chi connectivity index (χ1v) is 11.1. The molecule has 2 amide bonds. The molecule has 0 spiro atoms. The van der Waals surface area contributed by atoms with Crippen molar-refractivity contribution in [2.24, 2.45) is 5.92 Å². The minimum Gasteiger partial charge on any atom is -0.497 e. The van der Waals surface area contributed by atoms with Gasteiger partial charge in [0.15, 0.2) is 0 Å². The molecule has 0 atom stereocenters. The summed E-state index contributed by atoms with van der Waals surface area (Å²) in [6, 6.07) is 11.5. The molecule has 1 aliphatic heterocycles. The molecule has 1 aliphatic carbocycles. The minimum atomic E-state index is -0.362. The van der Waals surface area contributed by atoms with Crippen LogP contribution in [0.4, 0.5) is 4.39 Å². The van der Waals surface area contributed by atoms with Crippen molar-refractivity contribution in [2.45, 2.75) is 38.3 Å². The Morgan fingerprint density at radius 3 is 2.28 bits per heavy atom. The number of likely N-dealkylation sites (tertiary alicyclic amines) is 1. The first-order valence-electron chi connectivity index (χ1n) is 11.1. The lowest BCUT2D eigenvalue weighted by molar-refractivity contribution is -0.138. The van der Waals surface area contributed by atoms with Crippen LogP contribution in [-0.4, -0.2) is 55.0 Å². The lowest BCUT2D eigenvalue weighted by Crippen LogP contribution is -2.45. The summed E-state index contributed by atoms with van der Waals surface area (Å²) in [6.45, 7) is 1.53. The van der Waals surface area contributed by atoms with E-state index in [0.717, 1.165) is 29.9 Å². The van der Waals surface area contributed by atoms with Crippen molar-refractivity contribution in [3.05, 3.63) is 59.4 Å². The molecule has 0 N–H and O–H groups in total. The lowest BCUT2D eigenvalue weighted by Gasteiger charge is -2.34. The molecule has 0 unspecified atom stereocenters. The molecule has 32 heavy (non-hydrogen) atoms. The summed E-state index contributed by atoms with van der Waals surface area (Å²) >= 11 is 0. The Bertz CT molecular complexity index is 966. The Balaban J connectivity index is 1.41. The quantitative estimate of drug-likeness (QED) is 0.656. The van der Waals surface area contributed by atoms with Crippen LogP contribution in [0.5, 0.6) is 11.5 Å². The first kappa shape index (κ1) is 22.1. The van der Waals surface area contributed by atoms with Crippen LogP contribution in [-0.2, 0) is 11.3 Å². The predicted molar refractivity (Wildman–Crippen MR) is 118 cm³/mol. The number of piperidine rings is 1. The highest BCUT2D eigenvalue weighted by molar-refractivity contribution is 5.94. The number of carbonyl (C=O) groups excluding carboxylic acids is 2. The normalized spacial score (nSPS) is 16.5. The molecule has 2 fully saturated rings. The second kappa shape index (κ2) is 9.59. The van der Waals surface area contributed by atoms with E-state index in [1.54, 1.807) is 19.1 Å². The van der Waals surface area contributed by atoms with E-state index in [9.17, 15) is 14.0 Å². The third-order valence-electron chi connectivity index (χ3n) is 6.32. The van der Waals surface area contributed by atoms with Crippen molar-refractivity contribution in [3.63, 3.8) is 0 Å². The second-order valence-electron chi connectivity index (χ2n) is 8.45. The largest absolute Gasteiger partial charge is 0.497 e. The van der Waals surface area contributed by atoms with Gasteiger partial charge in [0, 0.05) is 42.7 Å². The zero-order valence-electron chi connectivity index (χ0n) is 18.6. The molecular weight excluding hydrogens is 411 g/mol. The third-order valence-corrected chi connectivity index (χ3v) is 6.32. The molecule has 1 heterocycles. The number of benzene rings is 2. The molecule has 1 saturated heterocycles. The van der Waals surface area contributed by atoms with Crippen LogP contribution in [0.2, 0.25) is 0 Å². The topological polar surface area (TPSA) is 59.1 Å². The highest BCUT2D eigenvalue weighted by Crippen LogP contribution is 2.34. The van der Waals surface area contributed by atoms with Gasteiger partial charge in [-0.2, -0.15) is 0 Å². The summed E-state index contributed by atoms with van der Waals surface area (Å²) < 4.78 is 24.0. The van der Waals surface area contributed by atoms with Gasteiger partial charge >= 0.3 is 0 Å². The Labute approximate surface area is 187 Å². The number of halogens is 1. The average molecular weight is 441 g/mol. The van der Waals surface area contributed by atoms with Crippen LogP contribution in [0, 0.1) is 11.7 Å². The van der Waals surface area contributed by atoms with E-state index in [1.807, 2.05) is 23.1 Å². The SMILES string of the molecule is COc1ccc(OC)c(CN(C(=O)C2CCN(C(=O)c3ccc(F)cc3)CC2)C2CC2)c1. The summed E-state index contributed by atoms with van der Waals surface area (Å²) in [5.74, 6) is 1.03. The number of amides is 2. The van der Waals surface area contributed by atoms with Crippen LogP contribution < -0.4 is 9.47 Å². The number of nitrogens with zero attached hydrogens (tertiary/aromatic N) is 2. The van der Waals surface area contributed by atoms with E-state index < -0.39 is 0 Å². The molecule has 6 nitrogen and oxygen atoms in total. The second-order valence-corrected chi connectivity index (χ2v) is 8.45. The standard InChI is InChI=1S/C25H29FN2O4/c1-31-22-9-10-23(32-2)19(15-22)16-28(21-7-8-21)25(30)18-11-13-27(14-12-18)24(29)17-3-5-20(26)6-4-17/h3-6,9-10,15,18,21H,7-8,11-14,16H2,1-2H3. The van der Waals surface area contributed by atoms with Gasteiger partial charge in [0.25, 0.3) is 5.91 Å². The van der Waals surface area contributed by atoms with Gasteiger partial charge in [-0.25, -0.2) is 4.39 Å². The van der Waals surface area contributed by atoms with E-state index in [1.165, 1.54) is 24.3 Å². The van der Waals surface area contributed by atoms with Gasteiger partial charge in [0.05, 0.1) is 14.2 Å². The molecule has 1 saturated carbocycles. The minimum absolute atomic E-state index is 0.107. The number of hydrogen-bond donors (Lipinski definition) is 0. The predicted octanol–water partition coefficient (Wildman–Crippen LogP) is 3.89. The number of hydrogen-bond acceptors (Lipinski definition) is 4. The van der Waals surface area contributed by atoms with Gasteiger partial charge in [-0.1, -0.05) is 0 Å². The smallest absolute Gasteiger partial charge is 0.253 e. The highest BCUT2D eigenvalue weighted by atomic mass is 19.1. The van der Waals surface area contributed by atoms with Crippen molar-refractivity contribution in [1.82, 2.24) is 9.80 Å². The molecule has 7 heteroatoms. The fourth-order valence-corrected chi connectivity index (χ4v) is 4.30. The number of methoxy groups -OCH3 is 2. The molecule has 0 bridgehead atoms. The Morgan fingerprint density at radius 1 is 1.00 bits per heavy atom. The zero-order chi connectivity index (χ0) is 22.7. The van der Waals surface area contributed by atoms with Crippen LogP contribution in [0.3, 0.4) is 0 Å². The maximum Gasteiger partial charge on any atom is 0.253 e. The summed E-state index contributed by atoms with van der Waals surface area (Å²) in [7, 11) is 3.25. The van der Waals surface area contributed by atoms with Gasteiger partial charge in [-0.3, -0.25) is 9.59 Å². The summed E-state index contributed by atoms with van der Waals surface area (Å²) in [5, 5.41) is 0. The zero-order valence-corrected chi connectivity index (χ0v) is 18.6. The van der Waals surface area contributed by atoms with Crippen LogP contribution in [0.15, 0.2) is 42.5 Å². The van der Waals surface area contributed by atoms with Crippen LogP contribution in [0.25, 0.3) is 0 Å². The maximum absolute atomic E-state index is 13.4. The fraction of sp³-hybridized carbons (Fsp3) is 0.440. The van der Waals surface area contributed by atoms with Crippen LogP contribution >= 0.6 is 0 Å². The molecule has 0 radical (unpaired) electrons. The van der Waals surface area contributed by atoms with Crippen molar-refractivity contribution in [1.29, 1.82) is 0 Å². The van der Waals surface area contributed by atoms with Crippen molar-refractivity contribution >= 4 is 11.8 Å². The monoisotopic (exact) mass is 440 g/mol. The van der Waals surface area contributed by atoms with E-state index in [2.05, 4.69) is 0 Å². The number of rotatable bonds is 7. The molecule has 4 rings (SSSR count). The third kappa shape index (κ3) is 4.87. The van der Waals surface area contributed by atoms with E-state index in [4.69, 9.17) is 9.47 Å². The molecular formula is C25H29FN2O4. The molecule has 2 aromatic carbocycles. The van der Waals surface area contributed by atoms with Crippen molar-refractivity contribution < 1.29 is 23.5 Å².